The van der Waals surface area contributed by atoms with E-state index < -0.39 is 0 Å². The third kappa shape index (κ3) is 4.03. The number of primary amides is 1. The lowest BCUT2D eigenvalue weighted by Gasteiger charge is -2.35. The number of fused-ring (bicyclic) bond motifs is 1. The Labute approximate surface area is 166 Å². The van der Waals surface area contributed by atoms with Gasteiger partial charge in [-0.15, -0.1) is 0 Å². The van der Waals surface area contributed by atoms with Gasteiger partial charge in [-0.2, -0.15) is 0 Å². The largest absolute Gasteiger partial charge is 0.454 e. The number of likely N-dealkylation sites (tertiary alicyclic amines) is 1. The van der Waals surface area contributed by atoms with E-state index in [0.29, 0.717) is 19.1 Å². The van der Waals surface area contributed by atoms with Gasteiger partial charge < -0.3 is 25.4 Å². The molecule has 4 rings (SSSR count). The molecule has 1 aliphatic carbocycles. The van der Waals surface area contributed by atoms with E-state index in [1.54, 1.807) is 0 Å². The predicted molar refractivity (Wildman–Crippen MR) is 108 cm³/mol. The number of carbonyl (C=O) groups excluding carboxylic acids is 1. The van der Waals surface area contributed by atoms with E-state index in [1.165, 1.54) is 5.56 Å². The maximum atomic E-state index is 11.3. The Balaban J connectivity index is 1.46. The van der Waals surface area contributed by atoms with Crippen molar-refractivity contribution in [2.75, 3.05) is 33.0 Å². The lowest BCUT2D eigenvalue weighted by Crippen LogP contribution is -2.47. The molecule has 1 unspecified atom stereocenters. The Kier molecular flexibility index (Phi) is 5.33. The molecule has 1 aromatic rings. The molecule has 2 aliphatic heterocycles. The zero-order valence-electron chi connectivity index (χ0n) is 16.6. The van der Waals surface area contributed by atoms with Crippen LogP contribution in [0.2, 0.25) is 0 Å². The van der Waals surface area contributed by atoms with E-state index in [9.17, 15) is 4.79 Å². The van der Waals surface area contributed by atoms with E-state index in [4.69, 9.17) is 20.2 Å². The van der Waals surface area contributed by atoms with Crippen LogP contribution in [0.5, 0.6) is 11.5 Å². The third-order valence-electron chi connectivity index (χ3n) is 6.01. The molecule has 7 heteroatoms. The average molecular weight is 386 g/mol. The molecule has 2 fully saturated rings. The molecule has 1 aromatic carbocycles. The van der Waals surface area contributed by atoms with Gasteiger partial charge in [-0.1, -0.05) is 6.07 Å². The Hall–Kier alpha value is -2.44. The van der Waals surface area contributed by atoms with Gasteiger partial charge in [0.1, 0.15) is 0 Å². The fraction of sp³-hybridized carbons (Fsp3) is 0.619. The molecule has 1 amide bonds. The molecule has 1 saturated heterocycles. The van der Waals surface area contributed by atoms with Gasteiger partial charge >= 0.3 is 0 Å². The number of rotatable bonds is 6. The molecule has 1 saturated carbocycles. The van der Waals surface area contributed by atoms with E-state index in [1.807, 2.05) is 6.07 Å². The van der Waals surface area contributed by atoms with Crippen LogP contribution in [0.3, 0.4) is 0 Å². The first kappa shape index (κ1) is 18.9. The second-order valence-corrected chi connectivity index (χ2v) is 8.14. The summed E-state index contributed by atoms with van der Waals surface area (Å²) in [4.78, 5) is 18.6. The van der Waals surface area contributed by atoms with Crippen LogP contribution >= 0.6 is 0 Å². The number of nitrogens with two attached hydrogens (primary N) is 1. The summed E-state index contributed by atoms with van der Waals surface area (Å²) in [5.41, 5.74) is 6.79. The second-order valence-electron chi connectivity index (χ2n) is 8.14. The molecule has 3 aliphatic rings. The number of hydrogen-bond donors (Lipinski definition) is 2. The van der Waals surface area contributed by atoms with Crippen molar-refractivity contribution >= 4 is 11.9 Å². The van der Waals surface area contributed by atoms with Gasteiger partial charge in [0.25, 0.3) is 0 Å². The summed E-state index contributed by atoms with van der Waals surface area (Å²) in [7, 11) is 0. The number of ether oxygens (including phenoxy) is 2. The summed E-state index contributed by atoms with van der Waals surface area (Å²) in [6.07, 6.45) is 4.85. The highest BCUT2D eigenvalue weighted by Gasteiger charge is 2.45. The van der Waals surface area contributed by atoms with Crippen LogP contribution in [0.25, 0.3) is 0 Å². The van der Waals surface area contributed by atoms with Crippen molar-refractivity contribution in [1.82, 2.24) is 10.2 Å². The number of amides is 1. The molecule has 0 bridgehead atoms. The minimum absolute atomic E-state index is 0.101. The molecular weight excluding hydrogens is 356 g/mol. The lowest BCUT2D eigenvalue weighted by molar-refractivity contribution is -0.119. The van der Waals surface area contributed by atoms with Gasteiger partial charge in [-0.05, 0) is 56.2 Å². The van der Waals surface area contributed by atoms with Crippen molar-refractivity contribution in [3.05, 3.63) is 23.8 Å². The Bertz CT molecular complexity index is 760. The van der Waals surface area contributed by atoms with Crippen molar-refractivity contribution in [2.45, 2.75) is 44.4 Å². The van der Waals surface area contributed by atoms with Crippen molar-refractivity contribution in [1.29, 1.82) is 0 Å². The highest BCUT2D eigenvalue weighted by atomic mass is 16.7. The molecule has 3 N–H and O–H groups in total. The topological polar surface area (TPSA) is 89.2 Å². The summed E-state index contributed by atoms with van der Waals surface area (Å²) in [5, 5.41) is 3.43. The minimum atomic E-state index is -0.214. The molecule has 0 radical (unpaired) electrons. The Morgan fingerprint density at radius 1 is 1.36 bits per heavy atom. The molecule has 7 nitrogen and oxygen atoms in total. The first-order valence-electron chi connectivity index (χ1n) is 10.3. The summed E-state index contributed by atoms with van der Waals surface area (Å²) < 4.78 is 11.0. The highest BCUT2D eigenvalue weighted by Crippen LogP contribution is 2.50. The van der Waals surface area contributed by atoms with Crippen LogP contribution in [0.1, 0.15) is 44.6 Å². The second kappa shape index (κ2) is 7.89. The van der Waals surface area contributed by atoms with Gasteiger partial charge in [0.2, 0.25) is 12.7 Å². The molecular formula is C21H30N4O3. The number of benzene rings is 1. The van der Waals surface area contributed by atoms with E-state index in [0.717, 1.165) is 69.3 Å². The van der Waals surface area contributed by atoms with Gasteiger partial charge in [-0.3, -0.25) is 9.79 Å². The standard InChI is InChI=1S/C21H30N4O3/c1-2-23-20(25-9-3-4-15(12-25)10-19(22)26)24-13-21(7-8-21)16-5-6-17-18(11-16)28-14-27-17/h5-6,11,15H,2-4,7-10,12-14H2,1H3,(H2,22,26)(H,23,24). The smallest absolute Gasteiger partial charge is 0.231 e. The van der Waals surface area contributed by atoms with Crippen LogP contribution in [0, 0.1) is 5.92 Å². The highest BCUT2D eigenvalue weighted by molar-refractivity contribution is 5.80. The van der Waals surface area contributed by atoms with Crippen molar-refractivity contribution < 1.29 is 14.3 Å². The van der Waals surface area contributed by atoms with Crippen LogP contribution in [-0.2, 0) is 10.2 Å². The number of aliphatic imine (C=N–C) groups is 1. The average Bonchev–Trinajstić information content (AvgIpc) is 3.33. The monoisotopic (exact) mass is 386 g/mol. The van der Waals surface area contributed by atoms with Crippen LogP contribution in [0.15, 0.2) is 23.2 Å². The zero-order valence-corrected chi connectivity index (χ0v) is 16.6. The number of carbonyl (C=O) groups is 1. The first-order chi connectivity index (χ1) is 13.6. The number of guanidine groups is 1. The van der Waals surface area contributed by atoms with Gasteiger partial charge in [-0.25, -0.2) is 0 Å². The van der Waals surface area contributed by atoms with Gasteiger partial charge in [0, 0.05) is 31.5 Å². The molecule has 0 aromatic heterocycles. The number of nitrogens with zero attached hydrogens (tertiary/aromatic N) is 2. The quantitative estimate of drug-likeness (QED) is 0.577. The fourth-order valence-corrected chi connectivity index (χ4v) is 4.28. The Morgan fingerprint density at radius 3 is 2.93 bits per heavy atom. The summed E-state index contributed by atoms with van der Waals surface area (Å²) in [6, 6.07) is 6.26. The van der Waals surface area contributed by atoms with E-state index in [2.05, 4.69) is 29.3 Å². The van der Waals surface area contributed by atoms with Crippen molar-refractivity contribution in [3.8, 4) is 11.5 Å². The SMILES string of the molecule is CCNC(=NCC1(c2ccc3c(c2)OCO3)CC1)N1CCCC(CC(N)=O)C1. The molecule has 1 atom stereocenters. The van der Waals surface area contributed by atoms with Gasteiger partial charge in [0.05, 0.1) is 6.54 Å². The van der Waals surface area contributed by atoms with E-state index in [-0.39, 0.29) is 11.3 Å². The molecule has 152 valence electrons. The number of hydrogen-bond acceptors (Lipinski definition) is 4. The first-order valence-corrected chi connectivity index (χ1v) is 10.3. The summed E-state index contributed by atoms with van der Waals surface area (Å²) >= 11 is 0. The van der Waals surface area contributed by atoms with Crippen LogP contribution in [-0.4, -0.2) is 49.7 Å². The van der Waals surface area contributed by atoms with Crippen molar-refractivity contribution in [2.24, 2.45) is 16.6 Å². The maximum Gasteiger partial charge on any atom is 0.231 e. The fourth-order valence-electron chi connectivity index (χ4n) is 4.28. The third-order valence-corrected chi connectivity index (χ3v) is 6.01. The lowest BCUT2D eigenvalue weighted by atomic mass is 9.94. The maximum absolute atomic E-state index is 11.3. The Morgan fingerprint density at radius 2 is 2.18 bits per heavy atom. The zero-order chi connectivity index (χ0) is 19.6. The number of nitrogens with one attached hydrogen (secondary N) is 1. The predicted octanol–water partition coefficient (Wildman–Crippen LogP) is 2.00. The minimum Gasteiger partial charge on any atom is -0.454 e. The molecule has 28 heavy (non-hydrogen) atoms. The summed E-state index contributed by atoms with van der Waals surface area (Å²) in [5.74, 6) is 2.71. The molecule has 2 heterocycles. The van der Waals surface area contributed by atoms with E-state index >= 15 is 0 Å². The van der Waals surface area contributed by atoms with Crippen LogP contribution in [0.4, 0.5) is 0 Å². The molecule has 0 spiro atoms. The van der Waals surface area contributed by atoms with Crippen molar-refractivity contribution in [3.63, 3.8) is 0 Å². The summed E-state index contributed by atoms with van der Waals surface area (Å²) in [6.45, 7) is 5.78. The normalized spacial score (nSPS) is 22.8. The van der Waals surface area contributed by atoms with Crippen LogP contribution < -0.4 is 20.5 Å². The van der Waals surface area contributed by atoms with Gasteiger partial charge in [0.15, 0.2) is 17.5 Å². The number of piperidine rings is 1.